The third-order valence-electron chi connectivity index (χ3n) is 4.24. The van der Waals surface area contributed by atoms with Crippen molar-refractivity contribution < 1.29 is 14.3 Å². The summed E-state index contributed by atoms with van der Waals surface area (Å²) in [7, 11) is 0. The maximum atomic E-state index is 12.5. The molecule has 0 aliphatic carbocycles. The van der Waals surface area contributed by atoms with E-state index in [4.69, 9.17) is 21.1 Å². The van der Waals surface area contributed by atoms with E-state index in [1.807, 2.05) is 23.5 Å². The number of halogens is 1. The van der Waals surface area contributed by atoms with Gasteiger partial charge < -0.3 is 13.9 Å². The van der Waals surface area contributed by atoms with Gasteiger partial charge in [-0.1, -0.05) is 11.6 Å². The predicted molar refractivity (Wildman–Crippen MR) is 89.7 cm³/mol. The first kappa shape index (κ1) is 15.0. The average Bonchev–Trinajstić information content (AvgIpc) is 3.21. The number of carbonyl (C=O) groups excluding carboxylic acids is 1. The van der Waals surface area contributed by atoms with Crippen molar-refractivity contribution in [1.29, 1.82) is 0 Å². The molecule has 6 heteroatoms. The summed E-state index contributed by atoms with van der Waals surface area (Å²) in [6.45, 7) is 2.63. The van der Waals surface area contributed by atoms with Crippen LogP contribution in [0.5, 0.6) is 5.75 Å². The van der Waals surface area contributed by atoms with E-state index in [1.54, 1.807) is 24.7 Å². The molecule has 0 unspecified atom stereocenters. The molecule has 0 saturated heterocycles. The Labute approximate surface area is 143 Å². The Balaban J connectivity index is 1.58. The van der Waals surface area contributed by atoms with Crippen molar-refractivity contribution in [1.82, 2.24) is 9.38 Å². The van der Waals surface area contributed by atoms with E-state index in [2.05, 4.69) is 4.98 Å². The molecule has 24 heavy (non-hydrogen) atoms. The standard InChI is InChI=1S/C18H15ClN2O3/c1-11-16(3-2-15-8-20-10-21(11)15)18(22)24-9-13-7-14(19)6-12-4-5-23-17(12)13/h2-3,6-8,10H,4-5,9H2,1H3. The minimum Gasteiger partial charge on any atom is -0.493 e. The molecule has 5 nitrogen and oxygen atoms in total. The van der Waals surface area contributed by atoms with E-state index in [9.17, 15) is 4.79 Å². The third-order valence-corrected chi connectivity index (χ3v) is 4.46. The summed E-state index contributed by atoms with van der Waals surface area (Å²) in [5.74, 6) is 0.406. The highest BCUT2D eigenvalue weighted by Crippen LogP contribution is 2.33. The van der Waals surface area contributed by atoms with Gasteiger partial charge in [-0.2, -0.15) is 0 Å². The number of hydrogen-bond acceptors (Lipinski definition) is 4. The Bertz CT molecular complexity index is 949. The first-order chi connectivity index (χ1) is 11.6. The zero-order valence-electron chi connectivity index (χ0n) is 13.1. The van der Waals surface area contributed by atoms with Crippen LogP contribution in [0.1, 0.15) is 27.2 Å². The predicted octanol–water partition coefficient (Wildman–Crippen LogP) is 3.59. The molecule has 3 heterocycles. The number of nitrogens with zero attached hydrogens (tertiary/aromatic N) is 2. The molecule has 0 bridgehead atoms. The lowest BCUT2D eigenvalue weighted by Crippen LogP contribution is -2.10. The van der Waals surface area contributed by atoms with Gasteiger partial charge in [0.1, 0.15) is 12.4 Å². The van der Waals surface area contributed by atoms with Gasteiger partial charge in [-0.15, -0.1) is 0 Å². The number of hydrogen-bond donors (Lipinski definition) is 0. The molecule has 0 amide bonds. The number of rotatable bonds is 3. The van der Waals surface area contributed by atoms with Crippen molar-refractivity contribution in [3.05, 3.63) is 64.2 Å². The molecule has 2 aromatic heterocycles. The zero-order chi connectivity index (χ0) is 16.7. The summed E-state index contributed by atoms with van der Waals surface area (Å²) in [6, 6.07) is 7.28. The molecule has 0 fully saturated rings. The van der Waals surface area contributed by atoms with Gasteiger partial charge in [0.2, 0.25) is 0 Å². The van der Waals surface area contributed by atoms with E-state index in [0.29, 0.717) is 17.2 Å². The van der Waals surface area contributed by atoms with Crippen LogP contribution in [-0.4, -0.2) is 22.0 Å². The Hall–Kier alpha value is -2.53. The van der Waals surface area contributed by atoms with Gasteiger partial charge in [0.15, 0.2) is 0 Å². The first-order valence-corrected chi connectivity index (χ1v) is 8.04. The van der Waals surface area contributed by atoms with E-state index in [-0.39, 0.29) is 12.6 Å². The average molecular weight is 343 g/mol. The molecule has 0 N–H and O–H groups in total. The molecule has 1 aromatic carbocycles. The minimum absolute atomic E-state index is 0.128. The number of aromatic nitrogens is 2. The number of fused-ring (bicyclic) bond motifs is 2. The number of esters is 1. The Morgan fingerprint density at radius 1 is 1.42 bits per heavy atom. The first-order valence-electron chi connectivity index (χ1n) is 7.66. The number of carbonyl (C=O) groups is 1. The zero-order valence-corrected chi connectivity index (χ0v) is 13.8. The van der Waals surface area contributed by atoms with E-state index in [1.165, 1.54) is 0 Å². The maximum Gasteiger partial charge on any atom is 0.340 e. The smallest absolute Gasteiger partial charge is 0.340 e. The lowest BCUT2D eigenvalue weighted by atomic mass is 10.1. The second-order valence-corrected chi connectivity index (χ2v) is 6.19. The second kappa shape index (κ2) is 5.83. The molecule has 0 atom stereocenters. The van der Waals surface area contributed by atoms with Crippen molar-refractivity contribution in [2.75, 3.05) is 6.61 Å². The lowest BCUT2D eigenvalue weighted by Gasteiger charge is -2.11. The molecule has 0 radical (unpaired) electrons. The highest BCUT2D eigenvalue weighted by molar-refractivity contribution is 6.30. The normalized spacial score (nSPS) is 12.9. The summed E-state index contributed by atoms with van der Waals surface area (Å²) in [5.41, 5.74) is 4.10. The molecule has 0 saturated carbocycles. The summed E-state index contributed by atoms with van der Waals surface area (Å²) in [4.78, 5) is 16.5. The van der Waals surface area contributed by atoms with Crippen LogP contribution in [0.2, 0.25) is 5.02 Å². The van der Waals surface area contributed by atoms with Crippen LogP contribution in [0.25, 0.3) is 5.52 Å². The molecule has 0 spiro atoms. The molecule has 1 aliphatic rings. The number of aryl methyl sites for hydroxylation is 1. The molecule has 4 rings (SSSR count). The quantitative estimate of drug-likeness (QED) is 0.683. The minimum atomic E-state index is -0.380. The van der Waals surface area contributed by atoms with Crippen molar-refractivity contribution in [3.63, 3.8) is 0 Å². The van der Waals surface area contributed by atoms with Crippen LogP contribution in [0.4, 0.5) is 0 Å². The van der Waals surface area contributed by atoms with Gasteiger partial charge in [-0.05, 0) is 36.8 Å². The van der Waals surface area contributed by atoms with Gasteiger partial charge in [0, 0.05) is 22.7 Å². The number of ether oxygens (including phenoxy) is 2. The lowest BCUT2D eigenvalue weighted by molar-refractivity contribution is 0.0468. The summed E-state index contributed by atoms with van der Waals surface area (Å²) >= 11 is 6.13. The fourth-order valence-corrected chi connectivity index (χ4v) is 3.28. The van der Waals surface area contributed by atoms with Crippen LogP contribution < -0.4 is 4.74 Å². The van der Waals surface area contributed by atoms with Crippen molar-refractivity contribution in [2.45, 2.75) is 20.0 Å². The highest BCUT2D eigenvalue weighted by atomic mass is 35.5. The van der Waals surface area contributed by atoms with E-state index >= 15 is 0 Å². The van der Waals surface area contributed by atoms with Crippen molar-refractivity contribution >= 4 is 23.1 Å². The van der Waals surface area contributed by atoms with Crippen LogP contribution in [-0.2, 0) is 17.8 Å². The SMILES string of the molecule is Cc1c(C(=O)OCc2cc(Cl)cc3c2OCC3)ccc2cncn12. The third kappa shape index (κ3) is 2.51. The topological polar surface area (TPSA) is 52.8 Å². The Morgan fingerprint density at radius 2 is 2.29 bits per heavy atom. The van der Waals surface area contributed by atoms with E-state index in [0.717, 1.165) is 34.5 Å². The Kier molecular flexibility index (Phi) is 3.65. The summed E-state index contributed by atoms with van der Waals surface area (Å²) in [6.07, 6.45) is 4.25. The fraction of sp³-hybridized carbons (Fsp3) is 0.222. The van der Waals surface area contributed by atoms with E-state index < -0.39 is 0 Å². The highest BCUT2D eigenvalue weighted by Gasteiger charge is 2.20. The van der Waals surface area contributed by atoms with Crippen LogP contribution in [0, 0.1) is 6.92 Å². The van der Waals surface area contributed by atoms with Gasteiger partial charge in [-0.3, -0.25) is 0 Å². The maximum absolute atomic E-state index is 12.5. The fourth-order valence-electron chi connectivity index (χ4n) is 3.02. The summed E-state index contributed by atoms with van der Waals surface area (Å²) in [5, 5.41) is 0.626. The van der Waals surface area contributed by atoms with Crippen LogP contribution >= 0.6 is 11.6 Å². The largest absolute Gasteiger partial charge is 0.493 e. The molecule has 1 aliphatic heterocycles. The number of benzene rings is 1. The number of pyridine rings is 1. The monoisotopic (exact) mass is 342 g/mol. The Morgan fingerprint density at radius 3 is 3.17 bits per heavy atom. The van der Waals surface area contributed by atoms with Crippen molar-refractivity contribution in [2.24, 2.45) is 0 Å². The van der Waals surface area contributed by atoms with Gasteiger partial charge in [0.05, 0.1) is 30.2 Å². The molecule has 122 valence electrons. The number of imidazole rings is 1. The summed E-state index contributed by atoms with van der Waals surface area (Å²) < 4.78 is 13.0. The van der Waals surface area contributed by atoms with Crippen LogP contribution in [0.3, 0.4) is 0 Å². The molecule has 3 aromatic rings. The molecular weight excluding hydrogens is 328 g/mol. The van der Waals surface area contributed by atoms with Crippen LogP contribution in [0.15, 0.2) is 36.8 Å². The second-order valence-electron chi connectivity index (χ2n) is 5.75. The van der Waals surface area contributed by atoms with Gasteiger partial charge in [-0.25, -0.2) is 9.78 Å². The van der Waals surface area contributed by atoms with Crippen molar-refractivity contribution in [3.8, 4) is 5.75 Å². The van der Waals surface area contributed by atoms with Gasteiger partial charge >= 0.3 is 5.97 Å². The van der Waals surface area contributed by atoms with Gasteiger partial charge in [0.25, 0.3) is 0 Å². The molecular formula is C18H15ClN2O3.